The maximum Gasteiger partial charge on any atom is 0.307 e. The Morgan fingerprint density at radius 1 is 1.08 bits per heavy atom. The summed E-state index contributed by atoms with van der Waals surface area (Å²) in [4.78, 5) is 11.2. The molecule has 0 aliphatic rings. The maximum atomic E-state index is 15.4. The SMILES string of the molecule is CC(N)c1cccc(-c2cc(CCc3ccn(C)n3)cc(COc3ccccc3CC(=O)O)c2)c1F. The van der Waals surface area contributed by atoms with Crippen LogP contribution in [0.3, 0.4) is 0 Å². The zero-order valence-electron chi connectivity index (χ0n) is 20.4. The molecule has 3 aromatic carbocycles. The average Bonchev–Trinajstić information content (AvgIpc) is 3.27. The molecular weight excluding hydrogens is 457 g/mol. The molecule has 4 aromatic rings. The van der Waals surface area contributed by atoms with E-state index in [0.29, 0.717) is 22.4 Å². The Balaban J connectivity index is 1.66. The van der Waals surface area contributed by atoms with E-state index < -0.39 is 12.0 Å². The molecule has 1 heterocycles. The van der Waals surface area contributed by atoms with Gasteiger partial charge in [-0.05, 0) is 54.7 Å². The lowest BCUT2D eigenvalue weighted by atomic mass is 9.95. The third kappa shape index (κ3) is 6.17. The van der Waals surface area contributed by atoms with Crippen LogP contribution in [0.5, 0.6) is 5.75 Å². The number of aliphatic carboxylic acids is 1. The third-order valence-electron chi connectivity index (χ3n) is 6.03. The maximum absolute atomic E-state index is 15.4. The van der Waals surface area contributed by atoms with E-state index in [1.807, 2.05) is 49.6 Å². The minimum absolute atomic E-state index is 0.124. The summed E-state index contributed by atoms with van der Waals surface area (Å²) in [6.45, 7) is 1.98. The predicted molar refractivity (Wildman–Crippen MR) is 137 cm³/mol. The minimum atomic E-state index is -0.922. The summed E-state index contributed by atoms with van der Waals surface area (Å²) in [5, 5.41) is 13.7. The standard InChI is InChI=1S/C29H30FN3O3/c1-19(31)25-7-5-8-26(29(25)30)23-15-20(10-11-24-12-13-33(2)32-24)14-21(16-23)18-36-27-9-4-3-6-22(27)17-28(34)35/h3-9,12-16,19H,10-11,17-18,31H2,1-2H3,(H,34,35). The quantitative estimate of drug-likeness (QED) is 0.319. The van der Waals surface area contributed by atoms with Crippen LogP contribution in [0.4, 0.5) is 4.39 Å². The number of halogens is 1. The van der Waals surface area contributed by atoms with Crippen LogP contribution in [-0.2, 0) is 37.7 Å². The van der Waals surface area contributed by atoms with Crippen molar-refractivity contribution < 1.29 is 19.0 Å². The fourth-order valence-electron chi connectivity index (χ4n) is 4.25. The number of hydrogen-bond acceptors (Lipinski definition) is 4. The number of nitrogens with zero attached hydrogens (tertiary/aromatic N) is 2. The predicted octanol–water partition coefficient (Wildman–Crippen LogP) is 5.24. The van der Waals surface area contributed by atoms with E-state index in [1.165, 1.54) is 0 Å². The van der Waals surface area contributed by atoms with Crippen LogP contribution in [0.2, 0.25) is 0 Å². The number of carboxylic acid groups (broad SMARTS) is 1. The number of rotatable bonds is 10. The Bertz CT molecular complexity index is 1360. The van der Waals surface area contributed by atoms with Gasteiger partial charge in [-0.1, -0.05) is 48.5 Å². The summed E-state index contributed by atoms with van der Waals surface area (Å²) in [5.74, 6) is -0.729. The average molecular weight is 488 g/mol. The molecule has 0 saturated heterocycles. The van der Waals surface area contributed by atoms with E-state index in [9.17, 15) is 9.90 Å². The van der Waals surface area contributed by atoms with Crippen LogP contribution in [0.1, 0.15) is 40.9 Å². The third-order valence-corrected chi connectivity index (χ3v) is 6.03. The number of hydrogen-bond donors (Lipinski definition) is 2. The Kier molecular flexibility index (Phi) is 7.80. The second-order valence-corrected chi connectivity index (χ2v) is 8.98. The highest BCUT2D eigenvalue weighted by atomic mass is 19.1. The van der Waals surface area contributed by atoms with Crippen molar-refractivity contribution in [3.05, 3.63) is 107 Å². The van der Waals surface area contributed by atoms with E-state index in [0.717, 1.165) is 35.2 Å². The highest BCUT2D eigenvalue weighted by Crippen LogP contribution is 2.30. The molecule has 0 aliphatic heterocycles. The molecule has 1 unspecified atom stereocenters. The van der Waals surface area contributed by atoms with Crippen LogP contribution in [0, 0.1) is 5.82 Å². The first-order valence-electron chi connectivity index (χ1n) is 11.9. The molecule has 0 bridgehead atoms. The van der Waals surface area contributed by atoms with E-state index in [1.54, 1.807) is 41.9 Å². The fourth-order valence-corrected chi connectivity index (χ4v) is 4.25. The van der Waals surface area contributed by atoms with Crippen LogP contribution < -0.4 is 10.5 Å². The van der Waals surface area contributed by atoms with Gasteiger partial charge in [0.25, 0.3) is 0 Å². The molecule has 36 heavy (non-hydrogen) atoms. The number of ether oxygens (including phenoxy) is 1. The van der Waals surface area contributed by atoms with Gasteiger partial charge in [-0.3, -0.25) is 9.48 Å². The zero-order valence-corrected chi connectivity index (χ0v) is 20.4. The van der Waals surface area contributed by atoms with Crippen molar-refractivity contribution in [1.29, 1.82) is 0 Å². The van der Waals surface area contributed by atoms with Gasteiger partial charge >= 0.3 is 5.97 Å². The lowest BCUT2D eigenvalue weighted by Gasteiger charge is -2.15. The van der Waals surface area contributed by atoms with Crippen molar-refractivity contribution in [2.75, 3.05) is 0 Å². The number of benzene rings is 3. The van der Waals surface area contributed by atoms with Gasteiger partial charge in [0, 0.05) is 36.0 Å². The number of nitrogens with two attached hydrogens (primary N) is 1. The Hall–Kier alpha value is -3.97. The van der Waals surface area contributed by atoms with Gasteiger partial charge in [0.1, 0.15) is 18.2 Å². The van der Waals surface area contributed by atoms with Crippen molar-refractivity contribution in [1.82, 2.24) is 9.78 Å². The summed E-state index contributed by atoms with van der Waals surface area (Å²) in [6.07, 6.45) is 3.26. The summed E-state index contributed by atoms with van der Waals surface area (Å²) < 4.78 is 23.2. The van der Waals surface area contributed by atoms with E-state index in [-0.39, 0.29) is 18.8 Å². The monoisotopic (exact) mass is 487 g/mol. The topological polar surface area (TPSA) is 90.4 Å². The smallest absolute Gasteiger partial charge is 0.307 e. The van der Waals surface area contributed by atoms with Gasteiger partial charge in [-0.25, -0.2) is 4.39 Å². The Labute approximate surface area is 210 Å². The van der Waals surface area contributed by atoms with Crippen LogP contribution in [0.25, 0.3) is 11.1 Å². The van der Waals surface area contributed by atoms with Crippen molar-refractivity contribution >= 4 is 5.97 Å². The number of aryl methyl sites for hydroxylation is 3. The molecule has 0 fully saturated rings. The van der Waals surface area contributed by atoms with Crippen molar-refractivity contribution in [2.24, 2.45) is 12.8 Å². The summed E-state index contributed by atoms with van der Waals surface area (Å²) >= 11 is 0. The van der Waals surface area contributed by atoms with E-state index in [4.69, 9.17) is 10.5 Å². The van der Waals surface area contributed by atoms with Crippen molar-refractivity contribution in [3.8, 4) is 16.9 Å². The lowest BCUT2D eigenvalue weighted by Crippen LogP contribution is -2.08. The molecule has 0 spiro atoms. The van der Waals surface area contributed by atoms with Gasteiger partial charge in [0.05, 0.1) is 12.1 Å². The molecule has 1 aromatic heterocycles. The number of para-hydroxylation sites is 1. The summed E-state index contributed by atoms with van der Waals surface area (Å²) in [5.41, 5.74) is 11.1. The zero-order chi connectivity index (χ0) is 25.7. The largest absolute Gasteiger partial charge is 0.489 e. The van der Waals surface area contributed by atoms with Crippen LogP contribution in [-0.4, -0.2) is 20.9 Å². The first-order valence-corrected chi connectivity index (χ1v) is 11.9. The molecule has 0 aliphatic carbocycles. The van der Waals surface area contributed by atoms with Gasteiger partial charge in [0.15, 0.2) is 0 Å². The first kappa shape index (κ1) is 25.1. The van der Waals surface area contributed by atoms with Crippen molar-refractivity contribution in [3.63, 3.8) is 0 Å². The summed E-state index contributed by atoms with van der Waals surface area (Å²) in [7, 11) is 1.88. The van der Waals surface area contributed by atoms with Crippen LogP contribution in [0.15, 0.2) is 72.9 Å². The molecule has 4 rings (SSSR count). The Morgan fingerprint density at radius 2 is 1.86 bits per heavy atom. The number of carbonyl (C=O) groups is 1. The molecule has 3 N–H and O–H groups in total. The lowest BCUT2D eigenvalue weighted by molar-refractivity contribution is -0.136. The number of aromatic nitrogens is 2. The molecule has 1 atom stereocenters. The van der Waals surface area contributed by atoms with Crippen molar-refractivity contribution in [2.45, 2.75) is 38.8 Å². The van der Waals surface area contributed by atoms with Gasteiger partial charge < -0.3 is 15.6 Å². The second-order valence-electron chi connectivity index (χ2n) is 8.98. The fraction of sp³-hybridized carbons (Fsp3) is 0.241. The van der Waals surface area contributed by atoms with Gasteiger partial charge in [0.2, 0.25) is 0 Å². The van der Waals surface area contributed by atoms with E-state index >= 15 is 4.39 Å². The second kappa shape index (κ2) is 11.2. The first-order chi connectivity index (χ1) is 17.3. The molecular formula is C29H30FN3O3. The summed E-state index contributed by atoms with van der Waals surface area (Å²) in [6, 6.07) is 19.9. The molecule has 0 amide bonds. The normalized spacial score (nSPS) is 11.9. The van der Waals surface area contributed by atoms with Gasteiger partial charge in [-0.15, -0.1) is 0 Å². The molecule has 186 valence electrons. The molecule has 0 saturated carbocycles. The highest BCUT2D eigenvalue weighted by molar-refractivity contribution is 5.71. The minimum Gasteiger partial charge on any atom is -0.489 e. The van der Waals surface area contributed by atoms with E-state index in [2.05, 4.69) is 5.10 Å². The van der Waals surface area contributed by atoms with Gasteiger partial charge in [-0.2, -0.15) is 5.10 Å². The molecule has 0 radical (unpaired) electrons. The Morgan fingerprint density at radius 3 is 2.58 bits per heavy atom. The van der Waals surface area contributed by atoms with Crippen LogP contribution >= 0.6 is 0 Å². The molecule has 6 nitrogen and oxygen atoms in total. The molecule has 7 heteroatoms. The number of carboxylic acids is 1. The highest BCUT2D eigenvalue weighted by Gasteiger charge is 2.15.